The third-order valence-electron chi connectivity index (χ3n) is 7.33. The van der Waals surface area contributed by atoms with Crippen LogP contribution in [0.15, 0.2) is 0 Å². The van der Waals surface area contributed by atoms with Gasteiger partial charge in [-0.15, -0.1) is 0 Å². The average Bonchev–Trinajstić information content (AvgIpc) is 3.32. The van der Waals surface area contributed by atoms with Crippen molar-refractivity contribution in [1.29, 1.82) is 0 Å². The summed E-state index contributed by atoms with van der Waals surface area (Å²) >= 11 is 0. The van der Waals surface area contributed by atoms with Gasteiger partial charge in [0.1, 0.15) is 0 Å². The molecule has 4 rings (SSSR count). The van der Waals surface area contributed by atoms with Crippen LogP contribution in [0.3, 0.4) is 0 Å². The highest BCUT2D eigenvalue weighted by atomic mass is 16.5. The van der Waals surface area contributed by atoms with Gasteiger partial charge in [-0.2, -0.15) is 0 Å². The molecule has 3 aliphatic heterocycles. The van der Waals surface area contributed by atoms with E-state index in [0.717, 1.165) is 32.5 Å². The summed E-state index contributed by atoms with van der Waals surface area (Å²) in [4.78, 5) is 30.0. The van der Waals surface area contributed by atoms with Crippen molar-refractivity contribution in [2.24, 2.45) is 11.8 Å². The van der Waals surface area contributed by atoms with Crippen molar-refractivity contribution in [3.63, 3.8) is 0 Å². The molecule has 0 aromatic carbocycles. The molecule has 170 valence electrons. The molecule has 0 unspecified atom stereocenters. The molecule has 8 nitrogen and oxygen atoms in total. The quantitative estimate of drug-likeness (QED) is 0.517. The summed E-state index contributed by atoms with van der Waals surface area (Å²) in [6, 6.07) is 1.28. The number of nitrogens with zero attached hydrogens (tertiary/aromatic N) is 2. The molecule has 4 aliphatic rings. The van der Waals surface area contributed by atoms with E-state index in [1.807, 2.05) is 0 Å². The second kappa shape index (κ2) is 9.94. The Morgan fingerprint density at radius 3 is 2.57 bits per heavy atom. The Labute approximate surface area is 180 Å². The number of carbonyl (C=O) groups is 2. The van der Waals surface area contributed by atoms with Crippen molar-refractivity contribution in [3.05, 3.63) is 0 Å². The van der Waals surface area contributed by atoms with Gasteiger partial charge < -0.3 is 25.0 Å². The van der Waals surface area contributed by atoms with Crippen LogP contribution in [0.25, 0.3) is 0 Å². The first-order valence-corrected chi connectivity index (χ1v) is 11.7. The first-order chi connectivity index (χ1) is 14.5. The molecule has 2 amide bonds. The van der Waals surface area contributed by atoms with E-state index in [1.165, 1.54) is 12.8 Å². The number of piperidine rings is 1. The largest absolute Gasteiger partial charge is 0.383 e. The Balaban J connectivity index is 1.40. The van der Waals surface area contributed by atoms with Crippen LogP contribution < -0.4 is 10.6 Å². The topological polar surface area (TPSA) is 83.1 Å². The van der Waals surface area contributed by atoms with Crippen LogP contribution in [0, 0.1) is 11.8 Å². The summed E-state index contributed by atoms with van der Waals surface area (Å²) in [6.07, 6.45) is 5.37. The van der Waals surface area contributed by atoms with Gasteiger partial charge in [0, 0.05) is 50.7 Å². The summed E-state index contributed by atoms with van der Waals surface area (Å²) in [6.45, 7) is 4.90. The number of carbonyl (C=O) groups excluding carboxylic acids is 2. The molecule has 0 radical (unpaired) electrons. The van der Waals surface area contributed by atoms with Gasteiger partial charge in [-0.3, -0.25) is 14.5 Å². The Morgan fingerprint density at radius 1 is 1.10 bits per heavy atom. The van der Waals surface area contributed by atoms with Gasteiger partial charge in [-0.25, -0.2) is 0 Å². The zero-order valence-electron chi connectivity index (χ0n) is 18.5. The van der Waals surface area contributed by atoms with Crippen LogP contribution in [0.5, 0.6) is 0 Å². The number of methoxy groups -OCH3 is 1. The molecule has 8 heteroatoms. The van der Waals surface area contributed by atoms with Crippen LogP contribution in [-0.2, 0) is 19.1 Å². The van der Waals surface area contributed by atoms with Gasteiger partial charge in [0.15, 0.2) is 0 Å². The van der Waals surface area contributed by atoms with E-state index in [1.54, 1.807) is 7.11 Å². The smallest absolute Gasteiger partial charge is 0.222 e. The minimum absolute atomic E-state index is 0.0108. The van der Waals surface area contributed by atoms with Gasteiger partial charge in [-0.05, 0) is 51.7 Å². The number of likely N-dealkylation sites (tertiary alicyclic amines) is 2. The highest BCUT2D eigenvalue weighted by Crippen LogP contribution is 2.43. The van der Waals surface area contributed by atoms with Gasteiger partial charge in [0.2, 0.25) is 11.8 Å². The molecule has 30 heavy (non-hydrogen) atoms. The zero-order valence-corrected chi connectivity index (χ0v) is 18.5. The van der Waals surface area contributed by atoms with E-state index >= 15 is 0 Å². The molecule has 1 saturated carbocycles. The van der Waals surface area contributed by atoms with Crippen LogP contribution in [-0.4, -0.2) is 99.4 Å². The van der Waals surface area contributed by atoms with Gasteiger partial charge in [0.05, 0.1) is 25.7 Å². The lowest BCUT2D eigenvalue weighted by atomic mass is 9.84. The fourth-order valence-corrected chi connectivity index (χ4v) is 5.60. The Hall–Kier alpha value is -1.22. The molecule has 3 heterocycles. The molecule has 3 saturated heterocycles. The summed E-state index contributed by atoms with van der Waals surface area (Å²) in [7, 11) is 3.81. The maximum absolute atomic E-state index is 12.6. The van der Waals surface area contributed by atoms with E-state index in [4.69, 9.17) is 9.47 Å². The zero-order chi connectivity index (χ0) is 21.1. The Bertz CT molecular complexity index is 606. The molecule has 2 N–H and O–H groups in total. The molecule has 0 aromatic heterocycles. The second-order valence-electron chi connectivity index (χ2n) is 9.60. The number of rotatable bonds is 9. The first-order valence-electron chi connectivity index (χ1n) is 11.7. The van der Waals surface area contributed by atoms with Crippen LogP contribution in [0.2, 0.25) is 0 Å². The van der Waals surface area contributed by atoms with Crippen molar-refractivity contribution in [1.82, 2.24) is 20.4 Å². The highest BCUT2D eigenvalue weighted by molar-refractivity contribution is 5.77. The molecule has 0 aromatic rings. The number of hydrogen-bond acceptors (Lipinski definition) is 6. The average molecular weight is 423 g/mol. The van der Waals surface area contributed by atoms with Crippen LogP contribution in [0.4, 0.5) is 0 Å². The number of ether oxygens (including phenoxy) is 2. The SMILES string of the molecule is COCCNC(=O)C[C@@H]1OC[C@@H]2[C@H]1[C@H](CC(=O)NC1CC1)CN2C1CCN(C)CC1. The molecule has 4 fully saturated rings. The highest BCUT2D eigenvalue weighted by Gasteiger charge is 2.52. The van der Waals surface area contributed by atoms with Crippen molar-refractivity contribution in [2.45, 2.75) is 62.8 Å². The summed E-state index contributed by atoms with van der Waals surface area (Å²) in [5, 5.41) is 6.07. The van der Waals surface area contributed by atoms with Gasteiger partial charge >= 0.3 is 0 Å². The lowest BCUT2D eigenvalue weighted by Crippen LogP contribution is -2.47. The fourth-order valence-electron chi connectivity index (χ4n) is 5.60. The standard InChI is InChI=1S/C22H38N4O4/c1-25-8-5-17(6-9-25)26-13-15(11-21(28)24-16-3-4-16)22-18(26)14-30-19(22)12-20(27)23-7-10-29-2/h15-19,22H,3-14H2,1-2H3,(H,23,27)(H,24,28)/t15-,18-,19+,22-/m1/s1. The third-order valence-corrected chi connectivity index (χ3v) is 7.33. The maximum atomic E-state index is 12.6. The fraction of sp³-hybridized carbons (Fsp3) is 0.909. The van der Waals surface area contributed by atoms with Crippen molar-refractivity contribution in [2.75, 3.05) is 53.6 Å². The van der Waals surface area contributed by atoms with E-state index in [2.05, 4.69) is 27.5 Å². The van der Waals surface area contributed by atoms with E-state index < -0.39 is 0 Å². The molecule has 0 bridgehead atoms. The Morgan fingerprint density at radius 2 is 1.87 bits per heavy atom. The number of hydrogen-bond donors (Lipinski definition) is 2. The minimum atomic E-state index is -0.104. The summed E-state index contributed by atoms with van der Waals surface area (Å²) < 4.78 is 11.2. The molecular formula is C22H38N4O4. The first kappa shape index (κ1) is 22.0. The lowest BCUT2D eigenvalue weighted by molar-refractivity contribution is -0.124. The third kappa shape index (κ3) is 5.33. The maximum Gasteiger partial charge on any atom is 0.222 e. The predicted molar refractivity (Wildman–Crippen MR) is 113 cm³/mol. The molecule has 4 atom stereocenters. The number of amides is 2. The molecular weight excluding hydrogens is 384 g/mol. The summed E-state index contributed by atoms with van der Waals surface area (Å²) in [5.74, 6) is 0.689. The van der Waals surface area contributed by atoms with Crippen molar-refractivity contribution < 1.29 is 19.1 Å². The van der Waals surface area contributed by atoms with E-state index in [9.17, 15) is 9.59 Å². The van der Waals surface area contributed by atoms with Crippen molar-refractivity contribution >= 4 is 11.8 Å². The van der Waals surface area contributed by atoms with E-state index in [0.29, 0.717) is 50.7 Å². The number of nitrogens with one attached hydrogen (secondary N) is 2. The normalized spacial score (nSPS) is 32.9. The predicted octanol–water partition coefficient (Wildman–Crippen LogP) is 0.217. The molecule has 1 aliphatic carbocycles. The van der Waals surface area contributed by atoms with E-state index in [-0.39, 0.29) is 29.8 Å². The number of fused-ring (bicyclic) bond motifs is 1. The Kier molecular flexibility index (Phi) is 7.28. The van der Waals surface area contributed by atoms with Gasteiger partial charge in [-0.1, -0.05) is 0 Å². The monoisotopic (exact) mass is 422 g/mol. The summed E-state index contributed by atoms with van der Waals surface area (Å²) in [5.41, 5.74) is 0. The van der Waals surface area contributed by atoms with Crippen molar-refractivity contribution in [3.8, 4) is 0 Å². The van der Waals surface area contributed by atoms with Gasteiger partial charge in [0.25, 0.3) is 0 Å². The lowest BCUT2D eigenvalue weighted by Gasteiger charge is -2.37. The van der Waals surface area contributed by atoms with Crippen LogP contribution in [0.1, 0.15) is 38.5 Å². The second-order valence-corrected chi connectivity index (χ2v) is 9.60. The molecule has 0 spiro atoms. The minimum Gasteiger partial charge on any atom is -0.383 e. The van der Waals surface area contributed by atoms with Crippen LogP contribution >= 0.6 is 0 Å².